The molecule has 3 aromatic rings. The number of nitrogens with zero attached hydrogens (tertiary/aromatic N) is 1. The number of carbonyl (C=O) groups excluding carboxylic acids is 2. The number of H-pyrrole nitrogens is 1. The molecule has 174 valence electrons. The number of rotatable bonds is 4. The van der Waals surface area contributed by atoms with Crippen molar-refractivity contribution in [2.24, 2.45) is 0 Å². The van der Waals surface area contributed by atoms with Crippen LogP contribution in [0.3, 0.4) is 0 Å². The summed E-state index contributed by atoms with van der Waals surface area (Å²) in [6, 6.07) is 12.0. The van der Waals surface area contributed by atoms with Crippen LogP contribution in [0.25, 0.3) is 22.8 Å². The molecule has 2 aromatic carbocycles. The Balaban J connectivity index is 1.52. The first-order valence-electron chi connectivity index (χ1n) is 11.5. The first kappa shape index (κ1) is 22.1. The van der Waals surface area contributed by atoms with Crippen LogP contribution in [0, 0.1) is 19.7 Å². The van der Waals surface area contributed by atoms with Gasteiger partial charge in [-0.1, -0.05) is 30.3 Å². The second-order valence-corrected chi connectivity index (χ2v) is 8.79. The SMILES string of the molecule is Cc1[nH]c(/C=C2\C(=O)Nc3cccc(-c4ccccc4F)c32)c(C)c1CC(=O)N1CCNCC1. The zero-order valence-corrected chi connectivity index (χ0v) is 19.3. The predicted octanol–water partition coefficient (Wildman–Crippen LogP) is 3.90. The molecule has 0 spiro atoms. The Hall–Kier alpha value is -3.71. The lowest BCUT2D eigenvalue weighted by Gasteiger charge is -2.27. The van der Waals surface area contributed by atoms with Crippen LogP contribution < -0.4 is 10.6 Å². The summed E-state index contributed by atoms with van der Waals surface area (Å²) in [4.78, 5) is 31.0. The zero-order valence-electron chi connectivity index (χ0n) is 19.3. The van der Waals surface area contributed by atoms with Crippen LogP contribution in [0.2, 0.25) is 0 Å². The fraction of sp³-hybridized carbons (Fsp3) is 0.259. The van der Waals surface area contributed by atoms with E-state index in [1.807, 2.05) is 43.0 Å². The molecule has 1 fully saturated rings. The molecule has 5 rings (SSSR count). The third-order valence-electron chi connectivity index (χ3n) is 6.71. The summed E-state index contributed by atoms with van der Waals surface area (Å²) in [7, 11) is 0. The molecule has 0 unspecified atom stereocenters. The highest BCUT2D eigenvalue weighted by Gasteiger charge is 2.29. The quantitative estimate of drug-likeness (QED) is 0.519. The molecule has 0 saturated carbocycles. The van der Waals surface area contributed by atoms with Crippen molar-refractivity contribution in [3.63, 3.8) is 0 Å². The van der Waals surface area contributed by atoms with Gasteiger partial charge in [-0.3, -0.25) is 9.59 Å². The van der Waals surface area contributed by atoms with E-state index < -0.39 is 0 Å². The summed E-state index contributed by atoms with van der Waals surface area (Å²) in [5.41, 5.74) is 6.51. The van der Waals surface area contributed by atoms with Crippen LogP contribution in [0.15, 0.2) is 42.5 Å². The molecule has 0 radical (unpaired) electrons. The van der Waals surface area contributed by atoms with Gasteiger partial charge < -0.3 is 20.5 Å². The summed E-state index contributed by atoms with van der Waals surface area (Å²) in [5.74, 6) is -0.462. The van der Waals surface area contributed by atoms with Crippen LogP contribution in [0.1, 0.15) is 28.1 Å². The van der Waals surface area contributed by atoms with Crippen molar-refractivity contribution in [3.05, 3.63) is 76.4 Å². The maximum atomic E-state index is 14.6. The number of aromatic nitrogens is 1. The summed E-state index contributed by atoms with van der Waals surface area (Å²) < 4.78 is 14.6. The predicted molar refractivity (Wildman–Crippen MR) is 132 cm³/mol. The highest BCUT2D eigenvalue weighted by atomic mass is 19.1. The van der Waals surface area contributed by atoms with E-state index in [1.165, 1.54) is 6.07 Å². The van der Waals surface area contributed by atoms with Crippen LogP contribution in [0.4, 0.5) is 10.1 Å². The van der Waals surface area contributed by atoms with Crippen molar-refractivity contribution in [3.8, 4) is 11.1 Å². The number of aryl methyl sites for hydroxylation is 1. The number of halogens is 1. The summed E-state index contributed by atoms with van der Waals surface area (Å²) in [5, 5.41) is 6.17. The molecule has 2 amide bonds. The van der Waals surface area contributed by atoms with E-state index in [0.717, 1.165) is 35.6 Å². The molecule has 7 heteroatoms. The van der Waals surface area contributed by atoms with Crippen LogP contribution >= 0.6 is 0 Å². The molecular weight excluding hydrogens is 431 g/mol. The first-order valence-corrected chi connectivity index (χ1v) is 11.5. The molecule has 3 heterocycles. The Kier molecular flexibility index (Phi) is 5.79. The minimum absolute atomic E-state index is 0.108. The maximum absolute atomic E-state index is 14.6. The van der Waals surface area contributed by atoms with E-state index >= 15 is 0 Å². The van der Waals surface area contributed by atoms with Gasteiger partial charge in [-0.15, -0.1) is 0 Å². The molecule has 2 aliphatic heterocycles. The Labute approximate surface area is 197 Å². The Morgan fingerprint density at radius 1 is 1.06 bits per heavy atom. The van der Waals surface area contributed by atoms with Gasteiger partial charge in [-0.05, 0) is 48.7 Å². The number of benzene rings is 2. The van der Waals surface area contributed by atoms with Gasteiger partial charge in [0.25, 0.3) is 5.91 Å². The molecule has 34 heavy (non-hydrogen) atoms. The zero-order chi connectivity index (χ0) is 23.8. The van der Waals surface area contributed by atoms with Gasteiger partial charge in [0.05, 0.1) is 12.0 Å². The average Bonchev–Trinajstić information content (AvgIpc) is 3.30. The highest BCUT2D eigenvalue weighted by molar-refractivity contribution is 6.36. The number of anilines is 1. The number of carbonyl (C=O) groups is 2. The molecule has 3 N–H and O–H groups in total. The highest BCUT2D eigenvalue weighted by Crippen LogP contribution is 2.41. The standard InChI is InChI=1S/C27H27FN4O2/c1-16-20(15-25(33)32-12-10-29-11-13-32)17(2)30-24(16)14-21-26-19(18-6-3-4-8-22(18)28)7-5-9-23(26)31-27(21)34/h3-9,14,29-30H,10-13,15H2,1-2H3,(H,31,34)/b21-14-. The van der Waals surface area contributed by atoms with Crippen LogP contribution in [-0.2, 0) is 16.0 Å². The van der Waals surface area contributed by atoms with Gasteiger partial charge >= 0.3 is 0 Å². The number of hydrogen-bond donors (Lipinski definition) is 3. The van der Waals surface area contributed by atoms with E-state index in [9.17, 15) is 14.0 Å². The normalized spacial score (nSPS) is 16.6. The number of amides is 2. The molecule has 6 nitrogen and oxygen atoms in total. The van der Waals surface area contributed by atoms with Crippen LogP contribution in [0.5, 0.6) is 0 Å². The summed E-state index contributed by atoms with van der Waals surface area (Å²) >= 11 is 0. The molecular formula is C27H27FN4O2. The largest absolute Gasteiger partial charge is 0.359 e. The minimum atomic E-state index is -0.338. The van der Waals surface area contributed by atoms with Gasteiger partial charge in [0.1, 0.15) is 5.82 Å². The molecule has 1 saturated heterocycles. The fourth-order valence-electron chi connectivity index (χ4n) is 4.84. The third-order valence-corrected chi connectivity index (χ3v) is 6.71. The lowest BCUT2D eigenvalue weighted by molar-refractivity contribution is -0.131. The number of aromatic amines is 1. The monoisotopic (exact) mass is 458 g/mol. The minimum Gasteiger partial charge on any atom is -0.359 e. The summed E-state index contributed by atoms with van der Waals surface area (Å²) in [6.07, 6.45) is 2.13. The maximum Gasteiger partial charge on any atom is 0.256 e. The Bertz CT molecular complexity index is 1320. The molecule has 0 atom stereocenters. The van der Waals surface area contributed by atoms with Gasteiger partial charge in [-0.25, -0.2) is 4.39 Å². The smallest absolute Gasteiger partial charge is 0.256 e. The topological polar surface area (TPSA) is 77.2 Å². The molecule has 2 aliphatic rings. The average molecular weight is 459 g/mol. The second kappa shape index (κ2) is 8.91. The van der Waals surface area contributed by atoms with Crippen LogP contribution in [-0.4, -0.2) is 47.9 Å². The van der Waals surface area contributed by atoms with E-state index in [2.05, 4.69) is 15.6 Å². The van der Waals surface area contributed by atoms with Crippen molar-refractivity contribution in [1.82, 2.24) is 15.2 Å². The van der Waals surface area contributed by atoms with Gasteiger partial charge in [0.2, 0.25) is 5.91 Å². The van der Waals surface area contributed by atoms with Crippen molar-refractivity contribution in [2.75, 3.05) is 31.5 Å². The second-order valence-electron chi connectivity index (χ2n) is 8.79. The van der Waals surface area contributed by atoms with E-state index in [4.69, 9.17) is 0 Å². The lowest BCUT2D eigenvalue weighted by atomic mass is 9.93. The van der Waals surface area contributed by atoms with E-state index in [-0.39, 0.29) is 17.6 Å². The fourth-order valence-corrected chi connectivity index (χ4v) is 4.84. The van der Waals surface area contributed by atoms with Gasteiger partial charge in [0.15, 0.2) is 0 Å². The molecule has 1 aromatic heterocycles. The first-order chi connectivity index (χ1) is 16.4. The van der Waals surface area contributed by atoms with Gasteiger partial charge in [0, 0.05) is 54.4 Å². The van der Waals surface area contributed by atoms with Crippen molar-refractivity contribution in [2.45, 2.75) is 20.3 Å². The third kappa shape index (κ3) is 3.92. The van der Waals surface area contributed by atoms with Gasteiger partial charge in [-0.2, -0.15) is 0 Å². The van der Waals surface area contributed by atoms with Crippen molar-refractivity contribution < 1.29 is 14.0 Å². The molecule has 0 aliphatic carbocycles. The van der Waals surface area contributed by atoms with Crippen molar-refractivity contribution >= 4 is 29.2 Å². The molecule has 0 bridgehead atoms. The Morgan fingerprint density at radius 2 is 1.79 bits per heavy atom. The van der Waals surface area contributed by atoms with E-state index in [1.54, 1.807) is 18.2 Å². The van der Waals surface area contributed by atoms with Crippen molar-refractivity contribution in [1.29, 1.82) is 0 Å². The summed E-state index contributed by atoms with van der Waals surface area (Å²) in [6.45, 7) is 6.97. The lowest BCUT2D eigenvalue weighted by Crippen LogP contribution is -2.47. The number of piperazine rings is 1. The number of fused-ring (bicyclic) bond motifs is 1. The number of hydrogen-bond acceptors (Lipinski definition) is 3. The Morgan fingerprint density at radius 3 is 2.56 bits per heavy atom. The number of nitrogens with one attached hydrogen (secondary N) is 3. The van der Waals surface area contributed by atoms with E-state index in [0.29, 0.717) is 47.5 Å².